The first-order chi connectivity index (χ1) is 12.8. The molecule has 0 spiro atoms. The van der Waals surface area contributed by atoms with Crippen LogP contribution in [0.5, 0.6) is 5.75 Å². The topological polar surface area (TPSA) is 94.4 Å². The normalized spacial score (nSPS) is 17.1. The molecule has 0 bridgehead atoms. The van der Waals surface area contributed by atoms with E-state index in [0.29, 0.717) is 31.5 Å². The van der Waals surface area contributed by atoms with Gasteiger partial charge in [0.1, 0.15) is 17.0 Å². The number of amides is 1. The second-order valence-corrected chi connectivity index (χ2v) is 6.23. The van der Waals surface area contributed by atoms with Crippen LogP contribution in [0.3, 0.4) is 0 Å². The molecule has 1 aromatic carbocycles. The molecule has 1 fully saturated rings. The lowest BCUT2D eigenvalue weighted by atomic mass is 10.0. The summed E-state index contributed by atoms with van der Waals surface area (Å²) in [4.78, 5) is 24.7. The van der Waals surface area contributed by atoms with Gasteiger partial charge in [-0.2, -0.15) is 13.2 Å². The number of carbonyl (C=O) groups excluding carboxylic acids is 1. The minimum absolute atomic E-state index is 0.164. The van der Waals surface area contributed by atoms with E-state index in [9.17, 15) is 22.8 Å². The molecule has 27 heavy (non-hydrogen) atoms. The number of aromatic amines is 1. The smallest absolute Gasteiger partial charge is 0.431 e. The third-order valence-corrected chi connectivity index (χ3v) is 4.27. The Morgan fingerprint density at radius 1 is 1.30 bits per heavy atom. The molecule has 144 valence electrons. The maximum absolute atomic E-state index is 13.3. The summed E-state index contributed by atoms with van der Waals surface area (Å²) >= 11 is 0. The van der Waals surface area contributed by atoms with Gasteiger partial charge in [0.25, 0.3) is 11.5 Å². The van der Waals surface area contributed by atoms with Gasteiger partial charge in [0, 0.05) is 18.1 Å². The molecule has 0 radical (unpaired) electrons. The van der Waals surface area contributed by atoms with Crippen LogP contribution in [0.15, 0.2) is 35.1 Å². The average molecular weight is 382 g/mol. The highest BCUT2D eigenvalue weighted by Gasteiger charge is 2.36. The molecular weight excluding hydrogens is 365 g/mol. The van der Waals surface area contributed by atoms with Crippen LogP contribution in [0.1, 0.15) is 22.5 Å². The van der Waals surface area contributed by atoms with Crippen molar-refractivity contribution in [3.63, 3.8) is 0 Å². The number of benzene rings is 1. The zero-order valence-corrected chi connectivity index (χ0v) is 14.1. The quantitative estimate of drug-likeness (QED) is 0.831. The van der Waals surface area contributed by atoms with Gasteiger partial charge in [0.2, 0.25) is 0 Å². The van der Waals surface area contributed by atoms with E-state index in [1.807, 2.05) is 0 Å². The molecule has 1 unspecified atom stereocenters. The molecule has 9 heteroatoms. The van der Waals surface area contributed by atoms with Crippen molar-refractivity contribution in [3.05, 3.63) is 51.9 Å². The number of nitrogens with two attached hydrogens (primary N) is 1. The first-order valence-electron chi connectivity index (χ1n) is 8.21. The Morgan fingerprint density at radius 3 is 2.56 bits per heavy atom. The SMILES string of the molecule is NC(=O)c1cc(-c2ccc(OCC3CCOC3)cc2)c(C(F)(F)F)[nH]c1=O. The second kappa shape index (κ2) is 7.43. The van der Waals surface area contributed by atoms with Crippen molar-refractivity contribution in [2.45, 2.75) is 12.6 Å². The van der Waals surface area contributed by atoms with Crippen molar-refractivity contribution in [1.82, 2.24) is 4.98 Å². The van der Waals surface area contributed by atoms with E-state index < -0.39 is 28.9 Å². The Balaban J connectivity index is 1.91. The van der Waals surface area contributed by atoms with E-state index in [0.717, 1.165) is 12.5 Å². The predicted molar refractivity (Wildman–Crippen MR) is 90.4 cm³/mol. The molecule has 6 nitrogen and oxygen atoms in total. The number of alkyl halides is 3. The van der Waals surface area contributed by atoms with Gasteiger partial charge in [0.05, 0.1) is 13.2 Å². The largest absolute Gasteiger partial charge is 0.493 e. The molecule has 1 saturated heterocycles. The highest BCUT2D eigenvalue weighted by molar-refractivity contribution is 5.93. The second-order valence-electron chi connectivity index (χ2n) is 6.23. The van der Waals surface area contributed by atoms with Crippen molar-refractivity contribution in [3.8, 4) is 16.9 Å². The molecule has 2 heterocycles. The minimum atomic E-state index is -4.80. The summed E-state index contributed by atoms with van der Waals surface area (Å²) in [6.45, 7) is 1.78. The van der Waals surface area contributed by atoms with Crippen LogP contribution in [-0.2, 0) is 10.9 Å². The van der Waals surface area contributed by atoms with Crippen LogP contribution in [0.25, 0.3) is 11.1 Å². The predicted octanol–water partition coefficient (Wildman–Crippen LogP) is 2.57. The zero-order valence-electron chi connectivity index (χ0n) is 14.1. The number of pyridine rings is 1. The van der Waals surface area contributed by atoms with E-state index in [4.69, 9.17) is 15.2 Å². The van der Waals surface area contributed by atoms with Gasteiger partial charge in [-0.15, -0.1) is 0 Å². The molecule has 3 N–H and O–H groups in total. The molecule has 1 aliphatic rings. The Kier molecular flexibility index (Phi) is 5.22. The summed E-state index contributed by atoms with van der Waals surface area (Å²) in [7, 11) is 0. The van der Waals surface area contributed by atoms with Gasteiger partial charge in [0.15, 0.2) is 0 Å². The van der Waals surface area contributed by atoms with Gasteiger partial charge < -0.3 is 20.2 Å². The summed E-state index contributed by atoms with van der Waals surface area (Å²) in [5.41, 5.74) is 1.93. The maximum Gasteiger partial charge on any atom is 0.431 e. The number of hydrogen-bond acceptors (Lipinski definition) is 4. The first kappa shape index (κ1) is 19.0. The van der Waals surface area contributed by atoms with E-state index in [1.165, 1.54) is 24.3 Å². The van der Waals surface area contributed by atoms with Crippen molar-refractivity contribution in [2.75, 3.05) is 19.8 Å². The van der Waals surface area contributed by atoms with Gasteiger partial charge in [-0.05, 0) is 30.2 Å². The van der Waals surface area contributed by atoms with Crippen LogP contribution in [0.2, 0.25) is 0 Å². The number of ether oxygens (including phenoxy) is 2. The van der Waals surface area contributed by atoms with Crippen molar-refractivity contribution < 1.29 is 27.4 Å². The summed E-state index contributed by atoms with van der Waals surface area (Å²) in [6.07, 6.45) is -3.90. The fraction of sp³-hybridized carbons (Fsp3) is 0.333. The number of aromatic nitrogens is 1. The van der Waals surface area contributed by atoms with Crippen molar-refractivity contribution >= 4 is 5.91 Å². The number of halogens is 3. The fourth-order valence-corrected chi connectivity index (χ4v) is 2.82. The monoisotopic (exact) mass is 382 g/mol. The number of nitrogens with one attached hydrogen (secondary N) is 1. The average Bonchev–Trinajstić information content (AvgIpc) is 3.13. The number of rotatable bonds is 5. The highest BCUT2D eigenvalue weighted by atomic mass is 19.4. The van der Waals surface area contributed by atoms with Crippen LogP contribution in [-0.4, -0.2) is 30.7 Å². The number of primary amides is 1. The van der Waals surface area contributed by atoms with E-state index in [1.54, 1.807) is 4.98 Å². The number of carbonyl (C=O) groups is 1. The molecule has 2 aromatic rings. The Morgan fingerprint density at radius 2 is 2.00 bits per heavy atom. The Hall–Kier alpha value is -2.81. The van der Waals surface area contributed by atoms with Crippen LogP contribution < -0.4 is 16.0 Å². The summed E-state index contributed by atoms with van der Waals surface area (Å²) in [6, 6.07) is 6.76. The third kappa shape index (κ3) is 4.30. The summed E-state index contributed by atoms with van der Waals surface area (Å²) in [5, 5.41) is 0. The third-order valence-electron chi connectivity index (χ3n) is 4.27. The van der Waals surface area contributed by atoms with Gasteiger partial charge in [-0.25, -0.2) is 0 Å². The molecular formula is C18H17F3N2O4. The number of H-pyrrole nitrogens is 1. The van der Waals surface area contributed by atoms with E-state index in [2.05, 4.69) is 0 Å². The van der Waals surface area contributed by atoms with Gasteiger partial charge in [-0.1, -0.05) is 12.1 Å². The molecule has 0 saturated carbocycles. The van der Waals surface area contributed by atoms with Crippen molar-refractivity contribution in [1.29, 1.82) is 0 Å². The lowest BCUT2D eigenvalue weighted by Gasteiger charge is -2.14. The van der Waals surface area contributed by atoms with Crippen molar-refractivity contribution in [2.24, 2.45) is 11.7 Å². The van der Waals surface area contributed by atoms with E-state index >= 15 is 0 Å². The fourth-order valence-electron chi connectivity index (χ4n) is 2.82. The zero-order chi connectivity index (χ0) is 19.6. The molecule has 1 atom stereocenters. The standard InChI is InChI=1S/C18H17F3N2O4/c19-18(20,21)15-13(7-14(16(22)24)17(25)23-15)11-1-3-12(4-2-11)27-9-10-5-6-26-8-10/h1-4,7,10H,5-6,8-9H2,(H2,22,24)(H,23,25). The highest BCUT2D eigenvalue weighted by Crippen LogP contribution is 2.35. The van der Waals surface area contributed by atoms with E-state index in [-0.39, 0.29) is 11.1 Å². The lowest BCUT2D eigenvalue weighted by molar-refractivity contribution is -0.140. The molecule has 1 amide bonds. The molecule has 3 rings (SSSR count). The Bertz CT molecular complexity index is 885. The summed E-state index contributed by atoms with van der Waals surface area (Å²) in [5.74, 6) is -0.317. The Labute approximate surface area is 152 Å². The van der Waals surface area contributed by atoms with Crippen LogP contribution in [0.4, 0.5) is 13.2 Å². The molecule has 1 aromatic heterocycles. The lowest BCUT2D eigenvalue weighted by Crippen LogP contribution is -2.27. The minimum Gasteiger partial charge on any atom is -0.493 e. The summed E-state index contributed by atoms with van der Waals surface area (Å²) < 4.78 is 50.8. The van der Waals surface area contributed by atoms with Crippen LogP contribution >= 0.6 is 0 Å². The van der Waals surface area contributed by atoms with Gasteiger partial charge >= 0.3 is 6.18 Å². The van der Waals surface area contributed by atoms with Crippen LogP contribution in [0, 0.1) is 5.92 Å². The molecule has 0 aliphatic carbocycles. The molecule has 1 aliphatic heterocycles. The van der Waals surface area contributed by atoms with Gasteiger partial charge in [-0.3, -0.25) is 9.59 Å². The first-order valence-corrected chi connectivity index (χ1v) is 8.21. The number of hydrogen-bond donors (Lipinski definition) is 2. The maximum atomic E-state index is 13.3.